The van der Waals surface area contributed by atoms with E-state index in [2.05, 4.69) is 0 Å². The van der Waals surface area contributed by atoms with Gasteiger partial charge in [-0.1, -0.05) is 28.5 Å². The molecule has 4 nitrogen and oxygen atoms in total. The van der Waals surface area contributed by atoms with Gasteiger partial charge in [0.05, 0.1) is 6.10 Å². The molecule has 22 heavy (non-hydrogen) atoms. The SMILES string of the molecule is CCOC1CCS(OS(=O)(=O)C(F)(F)F)(c2ccccc2)C1. The Bertz CT molecular complexity index is 603. The van der Waals surface area contributed by atoms with Crippen LogP contribution in [0.5, 0.6) is 0 Å². The molecule has 0 bridgehead atoms. The standard InChI is InChI=1S/C13H17F3O4S2/c1-2-19-11-8-9-21(10-11,12-6-4-3-5-7-12)20-22(17,18)13(14,15)16/h3-7,11H,2,8-10H2,1H3. The molecule has 2 unspecified atom stereocenters. The van der Waals surface area contributed by atoms with Crippen molar-refractivity contribution in [2.24, 2.45) is 0 Å². The van der Waals surface area contributed by atoms with Crippen LogP contribution in [0.1, 0.15) is 13.3 Å². The molecule has 1 aromatic rings. The van der Waals surface area contributed by atoms with Crippen LogP contribution in [0.3, 0.4) is 0 Å². The topological polar surface area (TPSA) is 52.6 Å². The second kappa shape index (κ2) is 6.38. The molecule has 2 atom stereocenters. The van der Waals surface area contributed by atoms with E-state index in [4.69, 9.17) is 8.37 Å². The Hall–Kier alpha value is -0.770. The van der Waals surface area contributed by atoms with Crippen LogP contribution < -0.4 is 0 Å². The van der Waals surface area contributed by atoms with Gasteiger partial charge in [0.25, 0.3) is 0 Å². The van der Waals surface area contributed by atoms with Gasteiger partial charge >= 0.3 is 15.6 Å². The Morgan fingerprint density at radius 3 is 2.45 bits per heavy atom. The smallest absolute Gasteiger partial charge is 0.378 e. The van der Waals surface area contributed by atoms with E-state index in [-0.39, 0.29) is 17.6 Å². The maximum absolute atomic E-state index is 12.7. The van der Waals surface area contributed by atoms with Crippen LogP contribution in [0.2, 0.25) is 0 Å². The summed E-state index contributed by atoms with van der Waals surface area (Å²) in [6.45, 7) is 2.20. The fourth-order valence-electron chi connectivity index (χ4n) is 2.35. The maximum atomic E-state index is 12.7. The number of alkyl halides is 3. The largest absolute Gasteiger partial charge is 0.523 e. The fourth-order valence-corrected chi connectivity index (χ4v) is 7.59. The third kappa shape index (κ3) is 3.58. The first kappa shape index (κ1) is 17.6. The molecule has 1 fully saturated rings. The van der Waals surface area contributed by atoms with Crippen molar-refractivity contribution < 1.29 is 30.0 Å². The van der Waals surface area contributed by atoms with Gasteiger partial charge in [0.1, 0.15) is 0 Å². The van der Waals surface area contributed by atoms with E-state index in [1.807, 2.05) is 0 Å². The Labute approximate surface area is 129 Å². The fraction of sp³-hybridized carbons (Fsp3) is 0.538. The van der Waals surface area contributed by atoms with Gasteiger partial charge < -0.3 is 4.74 Å². The van der Waals surface area contributed by atoms with Crippen LogP contribution >= 0.6 is 10.3 Å². The van der Waals surface area contributed by atoms with Crippen LogP contribution in [0.15, 0.2) is 35.2 Å². The first-order valence-corrected chi connectivity index (χ1v) is 9.98. The number of ether oxygens (including phenoxy) is 1. The van der Waals surface area contributed by atoms with E-state index in [1.54, 1.807) is 37.3 Å². The Balaban J connectivity index is 2.37. The van der Waals surface area contributed by atoms with Crippen LogP contribution in [0, 0.1) is 0 Å². The first-order valence-electron chi connectivity index (χ1n) is 6.68. The van der Waals surface area contributed by atoms with Gasteiger partial charge in [0.15, 0.2) is 0 Å². The number of hydrogen-bond donors (Lipinski definition) is 0. The predicted molar refractivity (Wildman–Crippen MR) is 78.1 cm³/mol. The quantitative estimate of drug-likeness (QED) is 0.757. The molecule has 9 heteroatoms. The molecule has 0 spiro atoms. The lowest BCUT2D eigenvalue weighted by Crippen LogP contribution is -2.28. The summed E-state index contributed by atoms with van der Waals surface area (Å²) in [4.78, 5) is 0.491. The minimum absolute atomic E-state index is 0.153. The maximum Gasteiger partial charge on any atom is 0.523 e. The van der Waals surface area contributed by atoms with E-state index < -0.39 is 25.9 Å². The molecule has 1 aliphatic heterocycles. The molecule has 126 valence electrons. The van der Waals surface area contributed by atoms with Crippen LogP contribution in [-0.4, -0.2) is 38.1 Å². The van der Waals surface area contributed by atoms with Crippen LogP contribution in [0.25, 0.3) is 0 Å². The molecule has 1 aliphatic rings. The summed E-state index contributed by atoms with van der Waals surface area (Å²) < 4.78 is 71.2. The van der Waals surface area contributed by atoms with Crippen molar-refractivity contribution in [3.05, 3.63) is 30.3 Å². The molecule has 1 aromatic carbocycles. The lowest BCUT2D eigenvalue weighted by Gasteiger charge is -2.34. The minimum Gasteiger partial charge on any atom is -0.378 e. The van der Waals surface area contributed by atoms with Crippen molar-refractivity contribution in [1.82, 2.24) is 0 Å². The zero-order valence-corrected chi connectivity index (χ0v) is 13.5. The molecule has 0 saturated carbocycles. The van der Waals surface area contributed by atoms with Gasteiger partial charge in [-0.25, -0.2) is 3.63 Å². The summed E-state index contributed by atoms with van der Waals surface area (Å²) >= 11 is 0. The molecule has 1 heterocycles. The van der Waals surface area contributed by atoms with Crippen molar-refractivity contribution in [2.45, 2.75) is 29.9 Å². The van der Waals surface area contributed by atoms with E-state index in [0.717, 1.165) is 0 Å². The van der Waals surface area contributed by atoms with Gasteiger partial charge in [0, 0.05) is 23.0 Å². The monoisotopic (exact) mass is 358 g/mol. The molecular weight excluding hydrogens is 341 g/mol. The van der Waals surface area contributed by atoms with Crippen molar-refractivity contribution >= 4 is 20.4 Å². The molecule has 0 aliphatic carbocycles. The number of hydrogen-bond acceptors (Lipinski definition) is 4. The van der Waals surface area contributed by atoms with Gasteiger partial charge in [-0.15, -0.1) is 0 Å². The molecule has 1 saturated heterocycles. The van der Waals surface area contributed by atoms with E-state index >= 15 is 0 Å². The third-order valence-corrected chi connectivity index (χ3v) is 8.57. The first-order chi connectivity index (χ1) is 10.2. The second-order valence-corrected chi connectivity index (χ2v) is 9.58. The molecule has 2 rings (SSSR count). The molecule has 0 radical (unpaired) electrons. The normalized spacial score (nSPS) is 29.2. The van der Waals surface area contributed by atoms with E-state index in [0.29, 0.717) is 17.9 Å². The highest BCUT2D eigenvalue weighted by molar-refractivity contribution is 8.33. The van der Waals surface area contributed by atoms with Crippen molar-refractivity contribution in [1.29, 1.82) is 0 Å². The second-order valence-electron chi connectivity index (χ2n) is 4.83. The van der Waals surface area contributed by atoms with Crippen LogP contribution in [0.4, 0.5) is 13.2 Å². The van der Waals surface area contributed by atoms with Gasteiger partial charge in [-0.3, -0.25) is 0 Å². The highest BCUT2D eigenvalue weighted by Gasteiger charge is 2.53. The van der Waals surface area contributed by atoms with E-state index in [1.165, 1.54) is 0 Å². The number of benzene rings is 1. The van der Waals surface area contributed by atoms with Crippen molar-refractivity contribution in [3.8, 4) is 0 Å². The van der Waals surface area contributed by atoms with E-state index in [9.17, 15) is 21.6 Å². The molecule has 0 amide bonds. The Morgan fingerprint density at radius 1 is 1.27 bits per heavy atom. The molecular formula is C13H17F3O4S2. The summed E-state index contributed by atoms with van der Waals surface area (Å²) in [5, 5.41) is 0. The average Bonchev–Trinajstić information content (AvgIpc) is 2.83. The highest BCUT2D eigenvalue weighted by Crippen LogP contribution is 2.63. The van der Waals surface area contributed by atoms with Crippen LogP contribution in [-0.2, 0) is 18.5 Å². The zero-order chi connectivity index (χ0) is 16.4. The van der Waals surface area contributed by atoms with Gasteiger partial charge in [0.2, 0.25) is 0 Å². The Morgan fingerprint density at radius 2 is 1.91 bits per heavy atom. The summed E-state index contributed by atoms with van der Waals surface area (Å²) in [5.74, 6) is 0.386. The number of halogens is 3. The lowest BCUT2D eigenvalue weighted by molar-refractivity contribution is -0.0496. The summed E-state index contributed by atoms with van der Waals surface area (Å²) in [5.41, 5.74) is -5.43. The zero-order valence-electron chi connectivity index (χ0n) is 11.9. The van der Waals surface area contributed by atoms with Gasteiger partial charge in [-0.05, 0) is 25.5 Å². The molecule has 0 N–H and O–H groups in total. The highest BCUT2D eigenvalue weighted by atomic mass is 32.3. The lowest BCUT2D eigenvalue weighted by atomic mass is 10.3. The van der Waals surface area contributed by atoms with Crippen molar-refractivity contribution in [2.75, 3.05) is 18.1 Å². The summed E-state index contributed by atoms with van der Waals surface area (Å²) in [6.07, 6.45) is 0.189. The summed E-state index contributed by atoms with van der Waals surface area (Å²) in [7, 11) is -8.23. The minimum atomic E-state index is -5.64. The molecule has 0 aromatic heterocycles. The third-order valence-electron chi connectivity index (χ3n) is 3.30. The Kier molecular flexibility index (Phi) is 5.10. The van der Waals surface area contributed by atoms with Crippen molar-refractivity contribution in [3.63, 3.8) is 0 Å². The summed E-state index contributed by atoms with van der Waals surface area (Å²) in [6, 6.07) is 8.23. The average molecular weight is 358 g/mol. The number of rotatable bonds is 5. The predicted octanol–water partition coefficient (Wildman–Crippen LogP) is 3.44. The van der Waals surface area contributed by atoms with Gasteiger partial charge in [-0.2, -0.15) is 21.6 Å².